The number of anilines is 4. The summed E-state index contributed by atoms with van der Waals surface area (Å²) in [5, 5.41) is 19.4. The lowest BCUT2D eigenvalue weighted by Gasteiger charge is -2.29. The van der Waals surface area contributed by atoms with Crippen molar-refractivity contribution in [2.45, 2.75) is 63.5 Å². The quantitative estimate of drug-likeness (QED) is 0.402. The fourth-order valence-corrected chi connectivity index (χ4v) is 4.22. The number of likely N-dealkylation sites (tertiary alicyclic amines) is 1. The largest absolute Gasteiger partial charge is 0.505 e. The van der Waals surface area contributed by atoms with Crippen LogP contribution >= 0.6 is 0 Å². The number of phenolic OH excluding ortho intramolecular Hbond substituents is 1. The lowest BCUT2D eigenvalue weighted by atomic mass is 10.1. The number of hydrogen-bond acceptors (Lipinski definition) is 8. The molecule has 0 radical (unpaired) electrons. The van der Waals surface area contributed by atoms with Crippen LogP contribution in [0.3, 0.4) is 0 Å². The summed E-state index contributed by atoms with van der Waals surface area (Å²) in [6, 6.07) is 4.77. The maximum Gasteiger partial charge on any atom is 0.233 e. The van der Waals surface area contributed by atoms with E-state index < -0.39 is 5.82 Å². The minimum Gasteiger partial charge on any atom is -0.505 e. The van der Waals surface area contributed by atoms with Gasteiger partial charge in [-0.2, -0.15) is 15.0 Å². The first kappa shape index (κ1) is 21.5. The van der Waals surface area contributed by atoms with Crippen molar-refractivity contribution in [3.63, 3.8) is 0 Å². The van der Waals surface area contributed by atoms with Crippen LogP contribution in [0.4, 0.5) is 27.9 Å². The highest BCUT2D eigenvalue weighted by Gasteiger charge is 2.19. The number of aromatic nitrogens is 3. The lowest BCUT2D eigenvalue weighted by Crippen LogP contribution is -2.37. The van der Waals surface area contributed by atoms with Gasteiger partial charge < -0.3 is 26.0 Å². The predicted molar refractivity (Wildman–Crippen MR) is 120 cm³/mol. The fraction of sp³-hybridized carbons (Fsp3) is 0.591. The van der Waals surface area contributed by atoms with Crippen LogP contribution in [-0.2, 0) is 0 Å². The minimum absolute atomic E-state index is 0.309. The van der Waals surface area contributed by atoms with Crippen LogP contribution in [0.15, 0.2) is 18.2 Å². The number of nitrogens with one attached hydrogen (secondary N) is 3. The van der Waals surface area contributed by atoms with E-state index in [9.17, 15) is 9.50 Å². The molecule has 9 heteroatoms. The van der Waals surface area contributed by atoms with Crippen LogP contribution in [-0.4, -0.2) is 57.2 Å². The first-order valence-corrected chi connectivity index (χ1v) is 11.3. The molecule has 1 aromatic carbocycles. The number of benzene rings is 1. The van der Waals surface area contributed by atoms with Crippen molar-refractivity contribution in [3.8, 4) is 5.75 Å². The number of aromatic hydroxyl groups is 1. The zero-order valence-electron chi connectivity index (χ0n) is 18.1. The summed E-state index contributed by atoms with van der Waals surface area (Å²) in [5.41, 5.74) is 0.465. The standard InChI is InChI=1S/C22H32FN7O/c1-30-12-10-16(11-13-30)25-21-27-20(24-15-6-4-2-3-5-7-15)28-22(29-21)26-17-8-9-19(31)18(23)14-17/h8-9,14-16,31H,2-7,10-13H2,1H3,(H3,24,25,26,27,28,29). The van der Waals surface area contributed by atoms with Crippen LogP contribution in [0.5, 0.6) is 5.75 Å². The highest BCUT2D eigenvalue weighted by Crippen LogP contribution is 2.24. The zero-order valence-corrected chi connectivity index (χ0v) is 18.1. The van der Waals surface area contributed by atoms with Gasteiger partial charge in [-0.3, -0.25) is 0 Å². The van der Waals surface area contributed by atoms with Gasteiger partial charge in [-0.1, -0.05) is 25.7 Å². The Morgan fingerprint density at radius 2 is 1.45 bits per heavy atom. The topological polar surface area (TPSA) is 98.2 Å². The smallest absolute Gasteiger partial charge is 0.233 e. The molecule has 0 spiro atoms. The van der Waals surface area contributed by atoms with E-state index in [2.05, 4.69) is 42.8 Å². The molecule has 168 valence electrons. The molecule has 1 saturated carbocycles. The van der Waals surface area contributed by atoms with Gasteiger partial charge in [-0.25, -0.2) is 4.39 Å². The Kier molecular flexibility index (Phi) is 7.01. The van der Waals surface area contributed by atoms with Crippen molar-refractivity contribution in [1.29, 1.82) is 0 Å². The van der Waals surface area contributed by atoms with Crippen molar-refractivity contribution in [2.75, 3.05) is 36.1 Å². The Labute approximate surface area is 182 Å². The van der Waals surface area contributed by atoms with E-state index in [1.54, 1.807) is 6.07 Å². The molecule has 4 rings (SSSR count). The van der Waals surface area contributed by atoms with Gasteiger partial charge in [0, 0.05) is 23.8 Å². The van der Waals surface area contributed by atoms with Gasteiger partial charge in [0.15, 0.2) is 11.6 Å². The Bertz CT molecular complexity index is 865. The molecular weight excluding hydrogens is 397 g/mol. The highest BCUT2D eigenvalue weighted by atomic mass is 19.1. The molecule has 2 aliphatic rings. The van der Waals surface area contributed by atoms with Crippen molar-refractivity contribution in [1.82, 2.24) is 19.9 Å². The molecule has 2 fully saturated rings. The summed E-state index contributed by atoms with van der Waals surface area (Å²) in [7, 11) is 2.13. The van der Waals surface area contributed by atoms with Gasteiger partial charge in [0.2, 0.25) is 17.8 Å². The van der Waals surface area contributed by atoms with Gasteiger partial charge in [0.1, 0.15) is 0 Å². The van der Waals surface area contributed by atoms with E-state index in [1.165, 1.54) is 37.8 Å². The van der Waals surface area contributed by atoms with E-state index in [0.717, 1.165) is 38.8 Å². The van der Waals surface area contributed by atoms with Crippen LogP contribution in [0.2, 0.25) is 0 Å². The zero-order chi connectivity index (χ0) is 21.6. The first-order valence-electron chi connectivity index (χ1n) is 11.3. The number of phenols is 1. The molecule has 0 bridgehead atoms. The molecule has 1 aromatic heterocycles. The number of piperidine rings is 1. The average molecular weight is 430 g/mol. The first-order chi connectivity index (χ1) is 15.0. The molecule has 2 aromatic rings. The number of nitrogens with zero attached hydrogens (tertiary/aromatic N) is 4. The number of hydrogen-bond donors (Lipinski definition) is 4. The molecule has 31 heavy (non-hydrogen) atoms. The maximum absolute atomic E-state index is 13.8. The maximum atomic E-state index is 13.8. The van der Waals surface area contributed by atoms with Crippen LogP contribution in [0, 0.1) is 5.82 Å². The molecule has 1 aliphatic heterocycles. The second-order valence-electron chi connectivity index (χ2n) is 8.65. The van der Waals surface area contributed by atoms with Crippen LogP contribution < -0.4 is 16.0 Å². The van der Waals surface area contributed by atoms with Crippen molar-refractivity contribution in [2.24, 2.45) is 0 Å². The molecule has 2 heterocycles. The van der Waals surface area contributed by atoms with Gasteiger partial charge in [0.05, 0.1) is 0 Å². The van der Waals surface area contributed by atoms with Crippen molar-refractivity contribution < 1.29 is 9.50 Å². The Hall–Kier alpha value is -2.68. The molecule has 0 unspecified atom stereocenters. The van der Waals surface area contributed by atoms with Crippen LogP contribution in [0.25, 0.3) is 0 Å². The van der Waals surface area contributed by atoms with E-state index in [-0.39, 0.29) is 5.75 Å². The highest BCUT2D eigenvalue weighted by molar-refractivity contribution is 5.57. The van der Waals surface area contributed by atoms with E-state index in [1.807, 2.05) is 0 Å². The molecule has 4 N–H and O–H groups in total. The molecule has 0 atom stereocenters. The predicted octanol–water partition coefficient (Wildman–Crippen LogP) is 4.10. The Balaban J connectivity index is 1.53. The number of rotatable bonds is 6. The molecular formula is C22H32FN7O. The van der Waals surface area contributed by atoms with E-state index in [0.29, 0.717) is 35.6 Å². The third-order valence-electron chi connectivity index (χ3n) is 6.08. The van der Waals surface area contributed by atoms with Crippen molar-refractivity contribution >= 4 is 23.5 Å². The Morgan fingerprint density at radius 1 is 0.871 bits per heavy atom. The van der Waals surface area contributed by atoms with Gasteiger partial charge >= 0.3 is 0 Å². The third-order valence-corrected chi connectivity index (χ3v) is 6.08. The van der Waals surface area contributed by atoms with E-state index in [4.69, 9.17) is 0 Å². The summed E-state index contributed by atoms with van der Waals surface area (Å²) in [6.45, 7) is 2.07. The summed E-state index contributed by atoms with van der Waals surface area (Å²) in [5.74, 6) is 0.301. The third kappa shape index (κ3) is 6.16. The van der Waals surface area contributed by atoms with Gasteiger partial charge in [-0.05, 0) is 58.0 Å². The number of halogens is 1. The average Bonchev–Trinajstić information content (AvgIpc) is 3.01. The van der Waals surface area contributed by atoms with Crippen molar-refractivity contribution in [3.05, 3.63) is 24.0 Å². The molecule has 1 saturated heterocycles. The summed E-state index contributed by atoms with van der Waals surface area (Å²) in [6.07, 6.45) is 9.24. The second kappa shape index (κ2) is 10.1. The lowest BCUT2D eigenvalue weighted by molar-refractivity contribution is 0.263. The normalized spacial score (nSPS) is 19.0. The van der Waals surface area contributed by atoms with Gasteiger partial charge in [0.25, 0.3) is 0 Å². The van der Waals surface area contributed by atoms with Gasteiger partial charge in [-0.15, -0.1) is 0 Å². The molecule has 0 amide bonds. The summed E-state index contributed by atoms with van der Waals surface area (Å²) < 4.78 is 13.8. The fourth-order valence-electron chi connectivity index (χ4n) is 4.22. The van der Waals surface area contributed by atoms with E-state index >= 15 is 0 Å². The SMILES string of the molecule is CN1CCC(Nc2nc(Nc3ccc(O)c(F)c3)nc(NC3CCCCCC3)n2)CC1. The minimum atomic E-state index is -0.694. The molecule has 8 nitrogen and oxygen atoms in total. The summed E-state index contributed by atoms with van der Waals surface area (Å²) in [4.78, 5) is 16.0. The van der Waals surface area contributed by atoms with Crippen LogP contribution in [0.1, 0.15) is 51.4 Å². The summed E-state index contributed by atoms with van der Waals surface area (Å²) >= 11 is 0. The monoisotopic (exact) mass is 429 g/mol. The Morgan fingerprint density at radius 3 is 2.06 bits per heavy atom. The second-order valence-corrected chi connectivity index (χ2v) is 8.65. The molecule has 1 aliphatic carbocycles.